The standard InChI is InChI=1S/C24H20P.4BH3O3/c1-5-13-21(14-6-1)25(22-15-7-2-8-16-22,23-17-9-3-10-18-23)24-19-11-4-12-20-24;4*2-1(3)4/h1-20H;4*2-4H/q+1;;;;. The van der Waals surface area contributed by atoms with E-state index in [2.05, 4.69) is 121 Å². The molecule has 0 aromatic heterocycles. The maximum Gasteiger partial charge on any atom is 0.631 e. The third-order valence-electron chi connectivity index (χ3n) is 4.57. The van der Waals surface area contributed by atoms with E-state index >= 15 is 0 Å². The Kier molecular flexibility index (Phi) is 20.2. The predicted molar refractivity (Wildman–Crippen MR) is 161 cm³/mol. The van der Waals surface area contributed by atoms with Crippen molar-refractivity contribution in [2.24, 2.45) is 0 Å². The molecule has 12 N–H and O–H groups in total. The van der Waals surface area contributed by atoms with E-state index in [-0.39, 0.29) is 0 Å². The van der Waals surface area contributed by atoms with Crippen LogP contribution in [0.4, 0.5) is 0 Å². The van der Waals surface area contributed by atoms with E-state index in [0.29, 0.717) is 0 Å². The van der Waals surface area contributed by atoms with Gasteiger partial charge in [0.05, 0.1) is 0 Å². The average Bonchev–Trinajstić information content (AvgIpc) is 2.91. The molecule has 0 atom stereocenters. The Labute approximate surface area is 239 Å². The van der Waals surface area contributed by atoms with E-state index in [4.69, 9.17) is 60.3 Å². The van der Waals surface area contributed by atoms with Gasteiger partial charge in [0.1, 0.15) is 28.5 Å². The van der Waals surface area contributed by atoms with Gasteiger partial charge in [-0.3, -0.25) is 0 Å². The van der Waals surface area contributed by atoms with Gasteiger partial charge in [-0.25, -0.2) is 0 Å². The fourth-order valence-electron chi connectivity index (χ4n) is 3.50. The minimum absolute atomic E-state index is 1.39. The number of hydrogen-bond acceptors (Lipinski definition) is 12. The maximum absolute atomic E-state index is 7.17. The van der Waals surface area contributed by atoms with Gasteiger partial charge in [-0.2, -0.15) is 0 Å². The lowest BCUT2D eigenvalue weighted by atomic mass is 10.3. The second kappa shape index (κ2) is 21.8. The first-order valence-electron chi connectivity index (χ1n) is 11.6. The summed E-state index contributed by atoms with van der Waals surface area (Å²) < 4.78 is 0. The summed E-state index contributed by atoms with van der Waals surface area (Å²) in [7, 11) is -10.6. The Bertz CT molecular complexity index is 952. The van der Waals surface area contributed by atoms with Crippen molar-refractivity contribution < 1.29 is 60.3 Å². The van der Waals surface area contributed by atoms with E-state index in [1.807, 2.05) is 0 Å². The van der Waals surface area contributed by atoms with Crippen LogP contribution in [0.1, 0.15) is 0 Å². The van der Waals surface area contributed by atoms with Crippen molar-refractivity contribution >= 4 is 57.8 Å². The zero-order chi connectivity index (χ0) is 31.3. The van der Waals surface area contributed by atoms with Crippen LogP contribution in [0.3, 0.4) is 0 Å². The summed E-state index contributed by atoms with van der Waals surface area (Å²) in [5.41, 5.74) is 0. The summed E-state index contributed by atoms with van der Waals surface area (Å²) in [5.74, 6) is 0. The van der Waals surface area contributed by atoms with E-state index < -0.39 is 36.5 Å². The van der Waals surface area contributed by atoms with Crippen LogP contribution in [0, 0.1) is 0 Å². The Balaban J connectivity index is 0.000000830. The van der Waals surface area contributed by atoms with Crippen LogP contribution >= 0.6 is 7.26 Å². The van der Waals surface area contributed by atoms with Gasteiger partial charge >= 0.3 is 29.3 Å². The van der Waals surface area contributed by atoms with Gasteiger partial charge in [0.2, 0.25) is 0 Å². The first-order valence-corrected chi connectivity index (χ1v) is 13.4. The topological polar surface area (TPSA) is 243 Å². The number of hydrogen-bond donors (Lipinski definition) is 12. The molecule has 216 valence electrons. The minimum atomic E-state index is -2.17. The van der Waals surface area contributed by atoms with Crippen molar-refractivity contribution in [1.82, 2.24) is 0 Å². The molecule has 0 fully saturated rings. The van der Waals surface area contributed by atoms with Crippen LogP contribution in [0.15, 0.2) is 121 Å². The number of benzene rings is 4. The van der Waals surface area contributed by atoms with Crippen molar-refractivity contribution in [3.8, 4) is 0 Å². The first kappa shape index (κ1) is 38.1. The van der Waals surface area contributed by atoms with Crippen molar-refractivity contribution in [2.75, 3.05) is 0 Å². The van der Waals surface area contributed by atoms with Gasteiger partial charge in [0.25, 0.3) is 0 Å². The SMILES string of the molecule is OB(O)O.OB(O)O.OB(O)O.OB(O)O.c1ccc([P+](c2ccccc2)(c2ccccc2)c2ccccc2)cc1. The predicted octanol–water partition coefficient (Wildman–Crippen LogP) is -3.90. The van der Waals surface area contributed by atoms with E-state index in [0.717, 1.165) is 0 Å². The molecular weight excluding hydrogens is 554 g/mol. The zero-order valence-electron chi connectivity index (χ0n) is 21.7. The molecule has 4 rings (SSSR count). The molecule has 0 aliphatic rings. The van der Waals surface area contributed by atoms with Crippen LogP contribution in [0.5, 0.6) is 0 Å². The van der Waals surface area contributed by atoms with Crippen LogP contribution < -0.4 is 21.2 Å². The third-order valence-corrected chi connectivity index (χ3v) is 8.86. The Morgan fingerprint density at radius 1 is 0.268 bits per heavy atom. The van der Waals surface area contributed by atoms with E-state index in [9.17, 15) is 0 Å². The van der Waals surface area contributed by atoms with Crippen molar-refractivity contribution in [3.63, 3.8) is 0 Å². The number of rotatable bonds is 4. The van der Waals surface area contributed by atoms with Gasteiger partial charge in [0, 0.05) is 0 Å². The molecule has 0 unspecified atom stereocenters. The molecular formula is C24H32B4O12P+. The largest absolute Gasteiger partial charge is 0.631 e. The zero-order valence-corrected chi connectivity index (χ0v) is 22.6. The smallest absolute Gasteiger partial charge is 0.402 e. The van der Waals surface area contributed by atoms with Crippen LogP contribution in [0.2, 0.25) is 0 Å². The molecule has 0 saturated heterocycles. The van der Waals surface area contributed by atoms with Crippen molar-refractivity contribution in [1.29, 1.82) is 0 Å². The Hall–Kier alpha value is -2.91. The lowest BCUT2D eigenvalue weighted by Gasteiger charge is -2.27. The summed E-state index contributed by atoms with van der Waals surface area (Å²) in [4.78, 5) is 0. The van der Waals surface area contributed by atoms with E-state index in [1.54, 1.807) is 0 Å². The fraction of sp³-hybridized carbons (Fsp3) is 0. The Morgan fingerprint density at radius 2 is 0.390 bits per heavy atom. The molecule has 0 bridgehead atoms. The quantitative estimate of drug-likeness (QED) is 0.0811. The van der Waals surface area contributed by atoms with Crippen LogP contribution in [-0.4, -0.2) is 89.6 Å². The summed E-state index contributed by atoms with van der Waals surface area (Å²) >= 11 is 0. The van der Waals surface area contributed by atoms with Crippen LogP contribution in [-0.2, 0) is 0 Å². The molecule has 41 heavy (non-hydrogen) atoms. The highest BCUT2D eigenvalue weighted by Gasteiger charge is 2.47. The fourth-order valence-corrected chi connectivity index (χ4v) is 7.77. The molecule has 4 aromatic rings. The lowest BCUT2D eigenvalue weighted by molar-refractivity contribution is 0.276. The summed E-state index contributed by atoms with van der Waals surface area (Å²) in [6.45, 7) is 0. The molecule has 0 aliphatic heterocycles. The molecule has 0 amide bonds. The minimum Gasteiger partial charge on any atom is -0.402 e. The second-order valence-corrected chi connectivity index (χ2v) is 10.8. The normalized spacial score (nSPS) is 9.46. The highest BCUT2D eigenvalue weighted by molar-refractivity contribution is 8.01. The van der Waals surface area contributed by atoms with Crippen LogP contribution in [0.25, 0.3) is 0 Å². The Morgan fingerprint density at radius 3 is 0.512 bits per heavy atom. The summed E-state index contributed by atoms with van der Waals surface area (Å²) in [6.07, 6.45) is 0. The molecule has 17 heteroatoms. The lowest BCUT2D eigenvalue weighted by Crippen LogP contribution is -2.38. The second-order valence-electron chi connectivity index (χ2n) is 7.40. The highest BCUT2D eigenvalue weighted by Crippen LogP contribution is 2.53. The monoisotopic (exact) mass is 587 g/mol. The third kappa shape index (κ3) is 16.2. The van der Waals surface area contributed by atoms with Gasteiger partial charge in [0.15, 0.2) is 0 Å². The summed E-state index contributed by atoms with van der Waals surface area (Å²) in [5, 5.41) is 91.6. The molecule has 4 aromatic carbocycles. The first-order chi connectivity index (χ1) is 19.3. The molecule has 0 saturated carbocycles. The van der Waals surface area contributed by atoms with Gasteiger partial charge in [-0.1, -0.05) is 72.8 Å². The molecule has 0 aliphatic carbocycles. The van der Waals surface area contributed by atoms with Crippen molar-refractivity contribution in [3.05, 3.63) is 121 Å². The summed E-state index contributed by atoms with van der Waals surface area (Å²) in [6, 6.07) is 43.8. The molecule has 0 heterocycles. The average molecular weight is 587 g/mol. The van der Waals surface area contributed by atoms with Gasteiger partial charge in [-0.05, 0) is 48.5 Å². The molecule has 0 radical (unpaired) electrons. The van der Waals surface area contributed by atoms with Gasteiger partial charge in [-0.15, -0.1) is 0 Å². The van der Waals surface area contributed by atoms with Crippen molar-refractivity contribution in [2.45, 2.75) is 0 Å². The molecule has 0 spiro atoms. The van der Waals surface area contributed by atoms with E-state index in [1.165, 1.54) is 21.2 Å². The molecule has 12 nitrogen and oxygen atoms in total. The highest BCUT2D eigenvalue weighted by atomic mass is 31.2. The van der Waals surface area contributed by atoms with Gasteiger partial charge < -0.3 is 60.3 Å². The maximum atomic E-state index is 7.17.